The van der Waals surface area contributed by atoms with Crippen LogP contribution < -0.4 is 10.1 Å². The zero-order valence-electron chi connectivity index (χ0n) is 13.2. The van der Waals surface area contributed by atoms with Crippen molar-refractivity contribution in [3.05, 3.63) is 36.2 Å². The monoisotopic (exact) mass is 312 g/mol. The number of benzene rings is 1. The number of nitrogens with one attached hydrogen (secondary N) is 1. The zero-order chi connectivity index (χ0) is 15.8. The molecule has 120 valence electrons. The number of imidazole rings is 1. The first kappa shape index (κ1) is 14.1. The van der Waals surface area contributed by atoms with Crippen LogP contribution in [0.15, 0.2) is 30.6 Å². The molecule has 1 aromatic carbocycles. The Morgan fingerprint density at radius 1 is 1.39 bits per heavy atom. The topological polar surface area (TPSA) is 59.4 Å². The second kappa shape index (κ2) is 5.61. The number of urea groups is 1. The lowest BCUT2D eigenvalue weighted by atomic mass is 10.1. The highest BCUT2D eigenvalue weighted by molar-refractivity contribution is 5.76. The Morgan fingerprint density at radius 3 is 3.13 bits per heavy atom. The summed E-state index contributed by atoms with van der Waals surface area (Å²) in [5.41, 5.74) is 2.33. The maximum Gasteiger partial charge on any atom is 0.317 e. The van der Waals surface area contributed by atoms with E-state index in [-0.39, 0.29) is 12.1 Å². The molecule has 2 aliphatic heterocycles. The van der Waals surface area contributed by atoms with Crippen LogP contribution in [0.2, 0.25) is 0 Å². The van der Waals surface area contributed by atoms with Gasteiger partial charge in [-0.1, -0.05) is 0 Å². The van der Waals surface area contributed by atoms with Gasteiger partial charge in [0.05, 0.1) is 0 Å². The summed E-state index contributed by atoms with van der Waals surface area (Å²) >= 11 is 0. The molecular formula is C17H20N4O2. The molecule has 1 fully saturated rings. The lowest BCUT2D eigenvalue weighted by molar-refractivity contribution is 0.215. The van der Waals surface area contributed by atoms with Gasteiger partial charge in [0.1, 0.15) is 17.7 Å². The number of carbonyl (C=O) groups is 1. The van der Waals surface area contributed by atoms with E-state index in [1.165, 1.54) is 5.56 Å². The van der Waals surface area contributed by atoms with Crippen molar-refractivity contribution in [2.75, 3.05) is 19.6 Å². The van der Waals surface area contributed by atoms with Gasteiger partial charge in [-0.05, 0) is 30.7 Å². The van der Waals surface area contributed by atoms with E-state index in [9.17, 15) is 4.79 Å². The average Bonchev–Trinajstić information content (AvgIpc) is 3.23. The number of hydrogen-bond acceptors (Lipinski definition) is 3. The molecule has 0 radical (unpaired) electrons. The van der Waals surface area contributed by atoms with Gasteiger partial charge in [0.2, 0.25) is 0 Å². The third-order valence-electron chi connectivity index (χ3n) is 4.43. The first-order valence-electron chi connectivity index (χ1n) is 8.04. The fourth-order valence-electron chi connectivity index (χ4n) is 3.26. The maximum absolute atomic E-state index is 11.6. The number of fused-ring (bicyclic) bond motifs is 1. The lowest BCUT2D eigenvalue weighted by Gasteiger charge is -2.15. The minimum absolute atomic E-state index is 0.0235. The summed E-state index contributed by atoms with van der Waals surface area (Å²) in [7, 11) is 0. The highest BCUT2D eigenvalue weighted by Gasteiger charge is 2.21. The van der Waals surface area contributed by atoms with Crippen molar-refractivity contribution in [2.24, 2.45) is 0 Å². The molecule has 6 nitrogen and oxygen atoms in total. The van der Waals surface area contributed by atoms with E-state index in [2.05, 4.69) is 33.9 Å². The van der Waals surface area contributed by atoms with Crippen molar-refractivity contribution < 1.29 is 9.53 Å². The average molecular weight is 312 g/mol. The van der Waals surface area contributed by atoms with Gasteiger partial charge in [0.15, 0.2) is 0 Å². The van der Waals surface area contributed by atoms with Crippen LogP contribution in [0, 0.1) is 0 Å². The molecule has 0 saturated carbocycles. The Balaban J connectivity index is 1.53. The number of rotatable bonds is 4. The molecule has 0 bridgehead atoms. The van der Waals surface area contributed by atoms with E-state index >= 15 is 0 Å². The van der Waals surface area contributed by atoms with Crippen LogP contribution in [-0.4, -0.2) is 46.2 Å². The van der Waals surface area contributed by atoms with Gasteiger partial charge in [0.25, 0.3) is 0 Å². The standard InChI is InChI=1S/C17H20N4O2/c1-12-10-14-11-13(2-3-15(14)23-12)16-18-4-6-20(16)8-9-21-7-5-19-17(21)22/h2-4,6,11-12H,5,7-10H2,1H3,(H,19,22)/t12-/m0/s1. The highest BCUT2D eigenvalue weighted by atomic mass is 16.5. The number of carbonyl (C=O) groups excluding carboxylic acids is 1. The molecule has 1 aromatic heterocycles. The van der Waals surface area contributed by atoms with Gasteiger partial charge in [-0.2, -0.15) is 0 Å². The largest absolute Gasteiger partial charge is 0.490 e. The number of ether oxygens (including phenoxy) is 1. The van der Waals surface area contributed by atoms with Crippen LogP contribution in [0.3, 0.4) is 0 Å². The molecule has 2 amide bonds. The Kier molecular flexibility index (Phi) is 3.44. The predicted molar refractivity (Wildman–Crippen MR) is 86.4 cm³/mol. The van der Waals surface area contributed by atoms with Crippen LogP contribution in [0.4, 0.5) is 4.79 Å². The summed E-state index contributed by atoms with van der Waals surface area (Å²) in [5.74, 6) is 1.92. The van der Waals surface area contributed by atoms with Gasteiger partial charge < -0.3 is 19.5 Å². The minimum atomic E-state index is 0.0235. The fourth-order valence-corrected chi connectivity index (χ4v) is 3.26. The Labute approximate surface area is 135 Å². The van der Waals surface area contributed by atoms with Gasteiger partial charge in [-0.25, -0.2) is 9.78 Å². The zero-order valence-corrected chi connectivity index (χ0v) is 13.2. The molecule has 2 aromatic rings. The second-order valence-electron chi connectivity index (χ2n) is 6.12. The Morgan fingerprint density at radius 2 is 2.30 bits per heavy atom. The molecule has 6 heteroatoms. The summed E-state index contributed by atoms with van der Waals surface area (Å²) in [6, 6.07) is 6.27. The third-order valence-corrected chi connectivity index (χ3v) is 4.43. The van der Waals surface area contributed by atoms with Crippen molar-refractivity contribution in [3.63, 3.8) is 0 Å². The maximum atomic E-state index is 11.6. The van der Waals surface area contributed by atoms with Crippen molar-refractivity contribution in [2.45, 2.75) is 26.0 Å². The minimum Gasteiger partial charge on any atom is -0.490 e. The van der Waals surface area contributed by atoms with Crippen LogP contribution >= 0.6 is 0 Å². The first-order chi connectivity index (χ1) is 11.2. The fraction of sp³-hybridized carbons (Fsp3) is 0.412. The van der Waals surface area contributed by atoms with E-state index in [0.29, 0.717) is 6.54 Å². The molecule has 1 saturated heterocycles. The first-order valence-corrected chi connectivity index (χ1v) is 8.04. The molecule has 0 spiro atoms. The number of aromatic nitrogens is 2. The number of amides is 2. The quantitative estimate of drug-likeness (QED) is 0.938. The molecular weight excluding hydrogens is 292 g/mol. The van der Waals surface area contributed by atoms with Crippen LogP contribution in [-0.2, 0) is 13.0 Å². The Hall–Kier alpha value is -2.50. The van der Waals surface area contributed by atoms with Crippen molar-refractivity contribution in [3.8, 4) is 17.1 Å². The summed E-state index contributed by atoms with van der Waals surface area (Å²) in [6.07, 6.45) is 4.97. The molecule has 3 heterocycles. The highest BCUT2D eigenvalue weighted by Crippen LogP contribution is 2.32. The number of hydrogen-bond donors (Lipinski definition) is 1. The van der Waals surface area contributed by atoms with Gasteiger partial charge in [-0.15, -0.1) is 0 Å². The van der Waals surface area contributed by atoms with E-state index in [1.54, 1.807) is 0 Å². The van der Waals surface area contributed by atoms with Crippen molar-refractivity contribution >= 4 is 6.03 Å². The Bertz CT molecular complexity index is 740. The van der Waals surface area contributed by atoms with Crippen LogP contribution in [0.25, 0.3) is 11.4 Å². The molecule has 2 aliphatic rings. The smallest absolute Gasteiger partial charge is 0.317 e. The van der Waals surface area contributed by atoms with E-state index < -0.39 is 0 Å². The van der Waals surface area contributed by atoms with Gasteiger partial charge in [-0.3, -0.25) is 0 Å². The predicted octanol–water partition coefficient (Wildman–Crippen LogP) is 1.90. The van der Waals surface area contributed by atoms with Crippen molar-refractivity contribution in [1.82, 2.24) is 19.8 Å². The molecule has 1 atom stereocenters. The molecule has 23 heavy (non-hydrogen) atoms. The van der Waals surface area contributed by atoms with Gasteiger partial charge in [0, 0.05) is 50.6 Å². The van der Waals surface area contributed by atoms with Gasteiger partial charge >= 0.3 is 6.03 Å². The van der Waals surface area contributed by atoms with E-state index in [4.69, 9.17) is 4.74 Å². The molecule has 0 unspecified atom stereocenters. The third kappa shape index (κ3) is 2.65. The lowest BCUT2D eigenvalue weighted by Crippen LogP contribution is -2.31. The summed E-state index contributed by atoms with van der Waals surface area (Å²) < 4.78 is 7.86. The molecule has 1 N–H and O–H groups in total. The molecule has 4 rings (SSSR count). The van der Waals surface area contributed by atoms with Crippen LogP contribution in [0.1, 0.15) is 12.5 Å². The molecule has 0 aliphatic carbocycles. The summed E-state index contributed by atoms with van der Waals surface area (Å²) in [6.45, 7) is 5.03. The summed E-state index contributed by atoms with van der Waals surface area (Å²) in [4.78, 5) is 18.0. The SMILES string of the molecule is C[C@H]1Cc2cc(-c3nccn3CCN3CCNC3=O)ccc2O1. The second-order valence-corrected chi connectivity index (χ2v) is 6.12. The van der Waals surface area contributed by atoms with E-state index in [0.717, 1.165) is 43.2 Å². The van der Waals surface area contributed by atoms with Crippen molar-refractivity contribution in [1.29, 1.82) is 0 Å². The summed E-state index contributed by atoms with van der Waals surface area (Å²) in [5, 5.41) is 2.83. The van der Waals surface area contributed by atoms with E-state index in [1.807, 2.05) is 23.4 Å². The normalized spacial score (nSPS) is 19.6. The van der Waals surface area contributed by atoms with Crippen LogP contribution in [0.5, 0.6) is 5.75 Å². The number of nitrogens with zero attached hydrogens (tertiary/aromatic N) is 3.